The summed E-state index contributed by atoms with van der Waals surface area (Å²) in [6.07, 6.45) is -1.37. The highest BCUT2D eigenvalue weighted by Gasteiger charge is 2.27. The van der Waals surface area contributed by atoms with Crippen LogP contribution in [0.1, 0.15) is 23.0 Å². The Morgan fingerprint density at radius 3 is 2.65 bits per heavy atom. The number of hydrazone groups is 1. The van der Waals surface area contributed by atoms with Gasteiger partial charge in [0.1, 0.15) is 11.9 Å². The van der Waals surface area contributed by atoms with E-state index in [9.17, 15) is 19.1 Å². The summed E-state index contributed by atoms with van der Waals surface area (Å²) in [5.41, 5.74) is 0.104. The van der Waals surface area contributed by atoms with E-state index in [1.54, 1.807) is 6.07 Å². The van der Waals surface area contributed by atoms with Crippen molar-refractivity contribution < 1.29 is 14.2 Å². The van der Waals surface area contributed by atoms with E-state index in [2.05, 4.69) is 15.6 Å². The van der Waals surface area contributed by atoms with Crippen LogP contribution in [-0.2, 0) is 0 Å². The highest BCUT2D eigenvalue weighted by atomic mass is 35.5. The molecule has 10 nitrogen and oxygen atoms in total. The Morgan fingerprint density at radius 1 is 1.26 bits per heavy atom. The third-order valence-electron chi connectivity index (χ3n) is 4.21. The summed E-state index contributed by atoms with van der Waals surface area (Å²) in [5, 5.41) is 26.3. The second-order valence-electron chi connectivity index (χ2n) is 6.12. The van der Waals surface area contributed by atoms with Gasteiger partial charge in [-0.25, -0.2) is 9.18 Å². The third-order valence-corrected chi connectivity index (χ3v) is 4.77. The van der Waals surface area contributed by atoms with Crippen LogP contribution >= 0.6 is 23.2 Å². The van der Waals surface area contributed by atoms with E-state index >= 15 is 0 Å². The summed E-state index contributed by atoms with van der Waals surface area (Å²) in [6, 6.07) is 8.16. The van der Waals surface area contributed by atoms with Crippen LogP contribution in [0.15, 0.2) is 45.0 Å². The molecule has 2 aromatic carbocycles. The first-order chi connectivity index (χ1) is 14.8. The van der Waals surface area contributed by atoms with Gasteiger partial charge in [-0.15, -0.1) is 10.2 Å². The molecule has 31 heavy (non-hydrogen) atoms. The Morgan fingerprint density at radius 2 is 1.97 bits per heavy atom. The summed E-state index contributed by atoms with van der Waals surface area (Å²) in [4.78, 5) is 25.5. The minimum absolute atomic E-state index is 0.0469. The van der Waals surface area contributed by atoms with Crippen LogP contribution in [0.2, 0.25) is 10.0 Å². The fraction of sp³-hybridized carbons (Fsp3) is 0.0556. The molecular formula is C18H9Cl2FN6O4. The van der Waals surface area contributed by atoms with Gasteiger partial charge in [-0.1, -0.05) is 29.3 Å². The summed E-state index contributed by atoms with van der Waals surface area (Å²) in [7, 11) is 0. The standard InChI is InChI=1S/C18H9Cl2FN6O4/c19-9-4-7(27-18(30)23-15(28)12(6-22)26-27)5-10(20)14(9)31-17-8-2-1-3-11(21)13(8)16(29)24-25-17/h1-5,16,24,29H,(H,23,28,30). The van der Waals surface area contributed by atoms with Crippen LogP contribution < -0.4 is 21.4 Å². The molecule has 0 amide bonds. The van der Waals surface area contributed by atoms with Gasteiger partial charge in [0.2, 0.25) is 11.6 Å². The number of benzene rings is 2. The van der Waals surface area contributed by atoms with Crippen LogP contribution in [0, 0.1) is 17.1 Å². The SMILES string of the molecule is N#Cc1nn(-c2cc(Cl)c(OC3=NNC(O)c4c(F)cccc43)c(Cl)c2)c(=O)[nH]c1=O. The van der Waals surface area contributed by atoms with E-state index in [0.717, 1.165) is 4.68 Å². The van der Waals surface area contributed by atoms with E-state index in [4.69, 9.17) is 33.2 Å². The smallest absolute Gasteiger partial charge is 0.349 e. The zero-order valence-corrected chi connectivity index (χ0v) is 16.6. The van der Waals surface area contributed by atoms with Crippen molar-refractivity contribution in [2.45, 2.75) is 6.23 Å². The first kappa shape index (κ1) is 20.5. The Balaban J connectivity index is 1.76. The predicted octanol–water partition coefficient (Wildman–Crippen LogP) is 1.57. The largest absolute Gasteiger partial charge is 0.434 e. The van der Waals surface area contributed by atoms with Crippen LogP contribution in [0.25, 0.3) is 5.69 Å². The Hall–Kier alpha value is -3.72. The van der Waals surface area contributed by atoms with Gasteiger partial charge in [-0.3, -0.25) is 15.2 Å². The number of fused-ring (bicyclic) bond motifs is 1. The predicted molar refractivity (Wildman–Crippen MR) is 107 cm³/mol. The highest BCUT2D eigenvalue weighted by molar-refractivity contribution is 6.37. The molecule has 0 saturated heterocycles. The molecule has 1 aliphatic heterocycles. The number of ether oxygens (including phenoxy) is 1. The lowest BCUT2D eigenvalue weighted by atomic mass is 10.0. The first-order valence-electron chi connectivity index (χ1n) is 8.41. The molecule has 1 aromatic heterocycles. The van der Waals surface area contributed by atoms with Gasteiger partial charge in [-0.05, 0) is 24.3 Å². The molecule has 2 heterocycles. The molecule has 3 aromatic rings. The molecule has 156 valence electrons. The fourth-order valence-corrected chi connectivity index (χ4v) is 3.39. The zero-order chi connectivity index (χ0) is 22.3. The van der Waals surface area contributed by atoms with Crippen molar-refractivity contribution in [1.29, 1.82) is 5.26 Å². The number of nitriles is 1. The quantitative estimate of drug-likeness (QED) is 0.523. The third kappa shape index (κ3) is 3.64. The molecule has 1 atom stereocenters. The zero-order valence-electron chi connectivity index (χ0n) is 15.1. The van der Waals surface area contributed by atoms with Crippen LogP contribution in [0.4, 0.5) is 4.39 Å². The van der Waals surface area contributed by atoms with E-state index in [0.29, 0.717) is 0 Å². The number of aliphatic hydroxyl groups is 1. The summed E-state index contributed by atoms with van der Waals surface area (Å²) in [6.45, 7) is 0. The lowest BCUT2D eigenvalue weighted by Gasteiger charge is -2.23. The fourth-order valence-electron chi connectivity index (χ4n) is 2.83. The van der Waals surface area contributed by atoms with Crippen molar-refractivity contribution in [3.05, 3.63) is 83.9 Å². The lowest BCUT2D eigenvalue weighted by molar-refractivity contribution is 0.132. The number of aromatic amines is 1. The van der Waals surface area contributed by atoms with Gasteiger partial charge in [0.05, 0.1) is 21.3 Å². The van der Waals surface area contributed by atoms with E-state index < -0.39 is 29.0 Å². The van der Waals surface area contributed by atoms with Crippen LogP contribution in [0.3, 0.4) is 0 Å². The van der Waals surface area contributed by atoms with E-state index in [-0.39, 0.29) is 38.5 Å². The Labute approximate surface area is 181 Å². The molecule has 13 heteroatoms. The maximum atomic E-state index is 14.1. The molecule has 0 saturated carbocycles. The van der Waals surface area contributed by atoms with Crippen molar-refractivity contribution in [2.24, 2.45) is 5.10 Å². The van der Waals surface area contributed by atoms with Crippen LogP contribution in [-0.4, -0.2) is 25.8 Å². The second kappa shape index (κ2) is 7.84. The van der Waals surface area contributed by atoms with E-state index in [1.807, 2.05) is 4.98 Å². The maximum Gasteiger partial charge on any atom is 0.349 e. The number of H-pyrrole nitrogens is 1. The molecule has 4 rings (SSSR count). The average molecular weight is 463 g/mol. The summed E-state index contributed by atoms with van der Waals surface area (Å²) < 4.78 is 20.5. The van der Waals surface area contributed by atoms with Crippen molar-refractivity contribution in [1.82, 2.24) is 20.2 Å². The Kier molecular flexibility index (Phi) is 5.20. The molecule has 3 N–H and O–H groups in total. The maximum absolute atomic E-state index is 14.1. The van der Waals surface area contributed by atoms with Crippen molar-refractivity contribution >= 4 is 29.1 Å². The monoisotopic (exact) mass is 462 g/mol. The second-order valence-corrected chi connectivity index (χ2v) is 6.94. The van der Waals surface area contributed by atoms with Gasteiger partial charge < -0.3 is 9.84 Å². The summed E-state index contributed by atoms with van der Waals surface area (Å²) >= 11 is 12.5. The van der Waals surface area contributed by atoms with Gasteiger partial charge in [-0.2, -0.15) is 9.94 Å². The number of hydrogen-bond donors (Lipinski definition) is 3. The van der Waals surface area contributed by atoms with Crippen molar-refractivity contribution in [2.75, 3.05) is 0 Å². The van der Waals surface area contributed by atoms with Crippen LogP contribution in [0.5, 0.6) is 5.75 Å². The highest BCUT2D eigenvalue weighted by Crippen LogP contribution is 2.36. The number of aliphatic hydroxyl groups excluding tert-OH is 1. The number of rotatable bonds is 2. The van der Waals surface area contributed by atoms with Crippen molar-refractivity contribution in [3.8, 4) is 17.5 Å². The van der Waals surface area contributed by atoms with E-state index in [1.165, 1.54) is 30.3 Å². The van der Waals surface area contributed by atoms with Crippen molar-refractivity contribution in [3.63, 3.8) is 0 Å². The topological polar surface area (TPSA) is 145 Å². The number of hydrogen-bond acceptors (Lipinski definition) is 8. The number of halogens is 3. The van der Waals surface area contributed by atoms with Gasteiger partial charge in [0.25, 0.3) is 5.56 Å². The molecule has 0 radical (unpaired) electrons. The van der Waals surface area contributed by atoms with Gasteiger partial charge in [0.15, 0.2) is 12.0 Å². The number of aromatic nitrogens is 3. The molecule has 0 bridgehead atoms. The van der Waals surface area contributed by atoms with Gasteiger partial charge in [0, 0.05) is 5.56 Å². The molecule has 0 aliphatic carbocycles. The molecule has 0 spiro atoms. The minimum atomic E-state index is -1.37. The lowest BCUT2D eigenvalue weighted by Crippen LogP contribution is -2.33. The number of nitrogens with zero attached hydrogens (tertiary/aromatic N) is 4. The molecule has 1 unspecified atom stereocenters. The minimum Gasteiger partial charge on any atom is -0.434 e. The average Bonchev–Trinajstić information content (AvgIpc) is 2.72. The molecule has 0 fully saturated rings. The van der Waals surface area contributed by atoms with Gasteiger partial charge >= 0.3 is 5.69 Å². The number of nitrogens with one attached hydrogen (secondary N) is 2. The Bertz CT molecular complexity index is 1390. The molecular weight excluding hydrogens is 454 g/mol. The summed E-state index contributed by atoms with van der Waals surface area (Å²) in [5.74, 6) is -0.850. The first-order valence-corrected chi connectivity index (χ1v) is 9.17. The normalized spacial score (nSPS) is 14.8. The molecule has 1 aliphatic rings.